The molecule has 1 rings (SSSR count). The summed E-state index contributed by atoms with van der Waals surface area (Å²) in [6.45, 7) is 0.633. The van der Waals surface area contributed by atoms with Gasteiger partial charge in [-0.2, -0.15) is 0 Å². The highest BCUT2D eigenvalue weighted by Gasteiger charge is 2.08. The van der Waals surface area contributed by atoms with E-state index in [4.69, 9.17) is 15.7 Å². The van der Waals surface area contributed by atoms with Gasteiger partial charge in [0.25, 0.3) is 0 Å². The predicted molar refractivity (Wildman–Crippen MR) is 62.7 cm³/mol. The lowest BCUT2D eigenvalue weighted by Gasteiger charge is -2.16. The maximum atomic E-state index is 13.6. The SMILES string of the molecule is COc1ccc(CN(C)C/C(N)=N/O)c(F)c1. The quantitative estimate of drug-likeness (QED) is 0.349. The normalized spacial score (nSPS) is 11.9. The van der Waals surface area contributed by atoms with Crippen LogP contribution >= 0.6 is 0 Å². The number of nitrogens with zero attached hydrogens (tertiary/aromatic N) is 2. The molecule has 0 saturated carbocycles. The number of ether oxygens (including phenoxy) is 1. The van der Waals surface area contributed by atoms with Crippen LogP contribution in [-0.4, -0.2) is 36.6 Å². The van der Waals surface area contributed by atoms with Gasteiger partial charge in [-0.3, -0.25) is 4.90 Å². The Morgan fingerprint density at radius 2 is 2.29 bits per heavy atom. The van der Waals surface area contributed by atoms with E-state index in [1.807, 2.05) is 0 Å². The Kier molecular flexibility index (Phi) is 4.71. The molecular formula is C11H16FN3O2. The maximum Gasteiger partial charge on any atom is 0.153 e. The van der Waals surface area contributed by atoms with Crippen LogP contribution in [0.5, 0.6) is 5.75 Å². The van der Waals surface area contributed by atoms with Gasteiger partial charge in [0, 0.05) is 18.2 Å². The van der Waals surface area contributed by atoms with E-state index in [0.29, 0.717) is 17.9 Å². The first-order valence-electron chi connectivity index (χ1n) is 5.04. The summed E-state index contributed by atoms with van der Waals surface area (Å²) in [5.74, 6) is 0.225. The lowest BCUT2D eigenvalue weighted by Crippen LogP contribution is -2.30. The van der Waals surface area contributed by atoms with Crippen LogP contribution in [0.15, 0.2) is 23.4 Å². The van der Waals surface area contributed by atoms with Gasteiger partial charge in [0.1, 0.15) is 11.6 Å². The molecule has 0 radical (unpaired) electrons. The van der Waals surface area contributed by atoms with E-state index in [-0.39, 0.29) is 18.2 Å². The van der Waals surface area contributed by atoms with Crippen LogP contribution < -0.4 is 10.5 Å². The zero-order valence-corrected chi connectivity index (χ0v) is 9.85. The van der Waals surface area contributed by atoms with E-state index in [0.717, 1.165) is 0 Å². The lowest BCUT2D eigenvalue weighted by atomic mass is 10.2. The van der Waals surface area contributed by atoms with Gasteiger partial charge in [-0.25, -0.2) is 4.39 Å². The van der Waals surface area contributed by atoms with Gasteiger partial charge < -0.3 is 15.7 Å². The number of likely N-dealkylation sites (N-methyl/N-ethyl adjacent to an activating group) is 1. The van der Waals surface area contributed by atoms with Gasteiger partial charge in [-0.05, 0) is 13.1 Å². The number of hydrogen-bond donors (Lipinski definition) is 2. The molecule has 3 N–H and O–H groups in total. The molecular weight excluding hydrogens is 225 g/mol. The Labute approximate surface area is 99.3 Å². The summed E-state index contributed by atoms with van der Waals surface area (Å²) < 4.78 is 18.5. The minimum absolute atomic E-state index is 0.0846. The Hall–Kier alpha value is -1.82. The van der Waals surface area contributed by atoms with Crippen LogP contribution in [0, 0.1) is 5.82 Å². The van der Waals surface area contributed by atoms with Crippen molar-refractivity contribution in [3.63, 3.8) is 0 Å². The molecule has 1 aromatic rings. The minimum Gasteiger partial charge on any atom is -0.497 e. The third kappa shape index (κ3) is 3.92. The van der Waals surface area contributed by atoms with Crippen molar-refractivity contribution in [1.29, 1.82) is 0 Å². The predicted octanol–water partition coefficient (Wildman–Crippen LogP) is 1.01. The van der Waals surface area contributed by atoms with Gasteiger partial charge in [-0.1, -0.05) is 11.2 Å². The molecule has 0 bridgehead atoms. The first kappa shape index (κ1) is 13.2. The first-order valence-corrected chi connectivity index (χ1v) is 5.04. The van der Waals surface area contributed by atoms with E-state index in [1.165, 1.54) is 13.2 Å². The second-order valence-corrected chi connectivity index (χ2v) is 3.72. The van der Waals surface area contributed by atoms with E-state index >= 15 is 0 Å². The second-order valence-electron chi connectivity index (χ2n) is 3.72. The number of amidine groups is 1. The lowest BCUT2D eigenvalue weighted by molar-refractivity contribution is 0.307. The van der Waals surface area contributed by atoms with Crippen molar-refractivity contribution in [2.45, 2.75) is 6.54 Å². The smallest absolute Gasteiger partial charge is 0.153 e. The summed E-state index contributed by atoms with van der Waals surface area (Å²) in [6, 6.07) is 4.67. The summed E-state index contributed by atoms with van der Waals surface area (Å²) >= 11 is 0. The number of hydrogen-bond acceptors (Lipinski definition) is 4. The average molecular weight is 241 g/mol. The molecule has 0 aromatic heterocycles. The molecule has 0 heterocycles. The fraction of sp³-hybridized carbons (Fsp3) is 0.364. The third-order valence-electron chi connectivity index (χ3n) is 2.26. The molecule has 0 atom stereocenters. The van der Waals surface area contributed by atoms with Gasteiger partial charge in [-0.15, -0.1) is 0 Å². The Morgan fingerprint density at radius 1 is 1.59 bits per heavy atom. The van der Waals surface area contributed by atoms with Crippen LogP contribution in [0.3, 0.4) is 0 Å². The molecule has 1 aromatic carbocycles. The van der Waals surface area contributed by atoms with E-state index in [9.17, 15) is 4.39 Å². The van der Waals surface area contributed by atoms with E-state index in [2.05, 4.69) is 5.16 Å². The molecule has 0 fully saturated rings. The van der Waals surface area contributed by atoms with Crippen molar-refractivity contribution < 1.29 is 14.3 Å². The van der Waals surface area contributed by atoms with Crippen molar-refractivity contribution in [3.05, 3.63) is 29.6 Å². The molecule has 0 aliphatic heterocycles. The molecule has 0 aliphatic rings. The summed E-state index contributed by atoms with van der Waals surface area (Å²) in [5, 5.41) is 11.3. The van der Waals surface area contributed by atoms with Crippen LogP contribution in [-0.2, 0) is 6.54 Å². The second kappa shape index (κ2) is 6.05. The van der Waals surface area contributed by atoms with Crippen molar-refractivity contribution >= 4 is 5.84 Å². The Bertz CT molecular complexity index is 410. The first-order chi connectivity index (χ1) is 8.06. The minimum atomic E-state index is -0.337. The molecule has 5 nitrogen and oxygen atoms in total. The van der Waals surface area contributed by atoms with Gasteiger partial charge in [0.15, 0.2) is 5.84 Å². The zero-order valence-electron chi connectivity index (χ0n) is 9.85. The average Bonchev–Trinajstić information content (AvgIpc) is 2.31. The molecule has 0 spiro atoms. The number of halogens is 1. The molecule has 0 amide bonds. The number of nitrogens with two attached hydrogens (primary N) is 1. The summed E-state index contributed by atoms with van der Waals surface area (Å²) in [4.78, 5) is 1.74. The topological polar surface area (TPSA) is 71.1 Å². The van der Waals surface area contributed by atoms with Gasteiger partial charge in [0.2, 0.25) is 0 Å². The molecule has 94 valence electrons. The van der Waals surface area contributed by atoms with Crippen LogP contribution in [0.1, 0.15) is 5.56 Å². The fourth-order valence-corrected chi connectivity index (χ4v) is 1.44. The molecule has 0 unspecified atom stereocenters. The van der Waals surface area contributed by atoms with E-state index in [1.54, 1.807) is 24.1 Å². The van der Waals surface area contributed by atoms with Crippen molar-refractivity contribution in [2.75, 3.05) is 20.7 Å². The van der Waals surface area contributed by atoms with Gasteiger partial charge >= 0.3 is 0 Å². The van der Waals surface area contributed by atoms with Crippen molar-refractivity contribution in [3.8, 4) is 5.75 Å². The van der Waals surface area contributed by atoms with Crippen LogP contribution in [0.2, 0.25) is 0 Å². The molecule has 0 saturated heterocycles. The third-order valence-corrected chi connectivity index (χ3v) is 2.26. The summed E-state index contributed by atoms with van der Waals surface area (Å²) in [6.07, 6.45) is 0. The summed E-state index contributed by atoms with van der Waals surface area (Å²) in [7, 11) is 3.24. The van der Waals surface area contributed by atoms with Crippen LogP contribution in [0.4, 0.5) is 4.39 Å². The Balaban J connectivity index is 2.68. The van der Waals surface area contributed by atoms with E-state index < -0.39 is 0 Å². The number of rotatable bonds is 5. The molecule has 17 heavy (non-hydrogen) atoms. The van der Waals surface area contributed by atoms with Gasteiger partial charge in [0.05, 0.1) is 13.7 Å². The maximum absolute atomic E-state index is 13.6. The standard InChI is InChI=1S/C11H16FN3O2/c1-15(7-11(13)14-16)6-8-3-4-9(17-2)5-10(8)12/h3-5,16H,6-7H2,1-2H3,(H2,13,14). The highest BCUT2D eigenvalue weighted by molar-refractivity contribution is 5.81. The molecule has 0 aliphatic carbocycles. The number of oxime groups is 1. The number of benzene rings is 1. The largest absolute Gasteiger partial charge is 0.497 e. The van der Waals surface area contributed by atoms with Crippen LogP contribution in [0.25, 0.3) is 0 Å². The zero-order chi connectivity index (χ0) is 12.8. The van der Waals surface area contributed by atoms with Crippen molar-refractivity contribution in [1.82, 2.24) is 4.90 Å². The highest BCUT2D eigenvalue weighted by atomic mass is 19.1. The highest BCUT2D eigenvalue weighted by Crippen LogP contribution is 2.17. The molecule has 6 heteroatoms. The monoisotopic (exact) mass is 241 g/mol. The fourth-order valence-electron chi connectivity index (χ4n) is 1.44. The summed E-state index contributed by atoms with van der Waals surface area (Å²) in [5.41, 5.74) is 5.88. The van der Waals surface area contributed by atoms with Crippen molar-refractivity contribution in [2.24, 2.45) is 10.9 Å². The number of methoxy groups -OCH3 is 1. The Morgan fingerprint density at radius 3 is 2.82 bits per heavy atom.